The normalized spacial score (nSPS) is 23.6. The highest BCUT2D eigenvalue weighted by Gasteiger charge is 2.48. The number of aryl methyl sites for hydroxylation is 1. The van der Waals surface area contributed by atoms with Crippen LogP contribution < -0.4 is 0 Å². The molecule has 1 saturated carbocycles. The third kappa shape index (κ3) is 3.19. The zero-order chi connectivity index (χ0) is 14.9. The van der Waals surface area contributed by atoms with Gasteiger partial charge < -0.3 is 0 Å². The van der Waals surface area contributed by atoms with E-state index >= 15 is 0 Å². The Morgan fingerprint density at radius 3 is 2.40 bits per heavy atom. The molecule has 0 heterocycles. The Hall–Kier alpha value is -1.39. The van der Waals surface area contributed by atoms with Crippen molar-refractivity contribution in [3.63, 3.8) is 0 Å². The maximum Gasteiger partial charge on any atom is 0.392 e. The summed E-state index contributed by atoms with van der Waals surface area (Å²) in [5.74, 6) is -3.86. The summed E-state index contributed by atoms with van der Waals surface area (Å²) in [6.45, 7) is 1.61. The highest BCUT2D eigenvalue weighted by Crippen LogP contribution is 2.42. The van der Waals surface area contributed by atoms with Crippen molar-refractivity contribution in [2.24, 2.45) is 11.8 Å². The molecule has 1 aromatic rings. The van der Waals surface area contributed by atoms with Gasteiger partial charge in [-0.25, -0.2) is 4.39 Å². The molecule has 0 radical (unpaired) electrons. The summed E-state index contributed by atoms with van der Waals surface area (Å²) in [6.07, 6.45) is -3.08. The molecule has 1 nitrogen and oxygen atoms in total. The van der Waals surface area contributed by atoms with Crippen molar-refractivity contribution in [1.29, 1.82) is 0 Å². The van der Waals surface area contributed by atoms with Gasteiger partial charge in [0.05, 0.1) is 5.92 Å². The molecule has 0 N–H and O–H groups in total. The molecule has 5 heteroatoms. The second kappa shape index (κ2) is 5.54. The number of hydrogen-bond donors (Lipinski definition) is 0. The Bertz CT molecular complexity index is 487. The van der Waals surface area contributed by atoms with Crippen molar-refractivity contribution in [1.82, 2.24) is 0 Å². The Labute approximate surface area is 115 Å². The molecule has 0 aliphatic heterocycles. The van der Waals surface area contributed by atoms with E-state index in [1.807, 2.05) is 0 Å². The number of carbonyl (C=O) groups excluding carboxylic acids is 1. The molecular weight excluding hydrogens is 272 g/mol. The smallest absolute Gasteiger partial charge is 0.294 e. The van der Waals surface area contributed by atoms with Gasteiger partial charge in [0.1, 0.15) is 5.82 Å². The number of carbonyl (C=O) groups is 1. The number of hydrogen-bond acceptors (Lipinski definition) is 1. The van der Waals surface area contributed by atoms with Crippen molar-refractivity contribution in [2.75, 3.05) is 0 Å². The van der Waals surface area contributed by atoms with Gasteiger partial charge in [-0.2, -0.15) is 13.2 Å². The first-order valence-electron chi connectivity index (χ1n) is 6.67. The average molecular weight is 288 g/mol. The molecule has 2 atom stereocenters. The van der Waals surface area contributed by atoms with Crippen LogP contribution in [0.5, 0.6) is 0 Å². The number of halogens is 4. The molecule has 0 bridgehead atoms. The van der Waals surface area contributed by atoms with E-state index < -0.39 is 29.6 Å². The quantitative estimate of drug-likeness (QED) is 0.570. The van der Waals surface area contributed by atoms with Crippen LogP contribution in [0, 0.1) is 24.6 Å². The van der Waals surface area contributed by atoms with Crippen LogP contribution in [0.4, 0.5) is 17.6 Å². The number of rotatable bonds is 2. The van der Waals surface area contributed by atoms with Crippen molar-refractivity contribution < 1.29 is 22.4 Å². The molecule has 1 aromatic carbocycles. The molecule has 2 unspecified atom stereocenters. The van der Waals surface area contributed by atoms with Gasteiger partial charge in [-0.1, -0.05) is 12.8 Å². The molecule has 2 rings (SSSR count). The average Bonchev–Trinajstić information content (AvgIpc) is 2.35. The lowest BCUT2D eigenvalue weighted by molar-refractivity contribution is -0.190. The van der Waals surface area contributed by atoms with Crippen LogP contribution in [0.3, 0.4) is 0 Å². The van der Waals surface area contributed by atoms with Crippen molar-refractivity contribution in [2.45, 2.75) is 38.8 Å². The van der Waals surface area contributed by atoms with E-state index in [1.165, 1.54) is 12.1 Å². The second-order valence-corrected chi connectivity index (χ2v) is 5.42. The van der Waals surface area contributed by atoms with E-state index in [4.69, 9.17) is 0 Å². The van der Waals surface area contributed by atoms with Crippen molar-refractivity contribution in [3.05, 3.63) is 35.1 Å². The Morgan fingerprint density at radius 2 is 1.80 bits per heavy atom. The van der Waals surface area contributed by atoms with Crippen LogP contribution in [-0.2, 0) is 0 Å². The first-order chi connectivity index (χ1) is 9.29. The lowest BCUT2D eigenvalue weighted by Crippen LogP contribution is -2.37. The molecule has 20 heavy (non-hydrogen) atoms. The molecule has 0 spiro atoms. The molecule has 1 aliphatic carbocycles. The fourth-order valence-corrected chi connectivity index (χ4v) is 2.93. The lowest BCUT2D eigenvalue weighted by atomic mass is 9.75. The molecule has 0 saturated heterocycles. The third-order valence-corrected chi connectivity index (χ3v) is 3.85. The molecule has 0 aromatic heterocycles. The number of Topliss-reactive ketones (excluding diaryl/α,β-unsaturated/α-hetero) is 1. The van der Waals surface area contributed by atoms with Crippen molar-refractivity contribution in [3.8, 4) is 0 Å². The van der Waals surface area contributed by atoms with Gasteiger partial charge in [0.25, 0.3) is 0 Å². The number of alkyl halides is 3. The fraction of sp³-hybridized carbons (Fsp3) is 0.533. The summed E-state index contributed by atoms with van der Waals surface area (Å²) in [5.41, 5.74) is 0.580. The first kappa shape index (κ1) is 15.0. The monoisotopic (exact) mass is 288 g/mol. The minimum absolute atomic E-state index is 0.0196. The highest BCUT2D eigenvalue weighted by molar-refractivity contribution is 5.98. The van der Waals surface area contributed by atoms with Gasteiger partial charge in [-0.05, 0) is 43.5 Å². The third-order valence-electron chi connectivity index (χ3n) is 3.85. The summed E-state index contributed by atoms with van der Waals surface area (Å²) < 4.78 is 52.3. The zero-order valence-corrected chi connectivity index (χ0v) is 11.1. The fourth-order valence-electron chi connectivity index (χ4n) is 2.93. The van der Waals surface area contributed by atoms with Crippen LogP contribution in [-0.4, -0.2) is 12.0 Å². The van der Waals surface area contributed by atoms with Gasteiger partial charge in [-0.15, -0.1) is 0 Å². The predicted molar refractivity (Wildman–Crippen MR) is 67.0 cm³/mol. The summed E-state index contributed by atoms with van der Waals surface area (Å²) in [7, 11) is 0. The molecule has 110 valence electrons. The minimum Gasteiger partial charge on any atom is -0.294 e. The molecule has 0 amide bonds. The summed E-state index contributed by atoms with van der Waals surface area (Å²) in [5, 5.41) is 0. The summed E-state index contributed by atoms with van der Waals surface area (Å²) >= 11 is 0. The maximum absolute atomic E-state index is 13.3. The summed E-state index contributed by atoms with van der Waals surface area (Å²) in [4.78, 5) is 12.3. The standard InChI is InChI=1S/C15H16F4O/c1-9-6-10(8-11(16)7-9)14(20)12-4-2-3-5-13(12)15(17,18)19/h6-8,12-13H,2-5H2,1H3. The lowest BCUT2D eigenvalue weighted by Gasteiger charge is -2.32. The van der Waals surface area contributed by atoms with E-state index in [1.54, 1.807) is 6.92 Å². The molecular formula is C15H16F4O. The highest BCUT2D eigenvalue weighted by atomic mass is 19.4. The first-order valence-corrected chi connectivity index (χ1v) is 6.67. The van der Waals surface area contributed by atoms with Crippen LogP contribution in [0.2, 0.25) is 0 Å². The van der Waals surface area contributed by atoms with Crippen LogP contribution in [0.1, 0.15) is 41.6 Å². The Morgan fingerprint density at radius 1 is 1.15 bits per heavy atom. The number of ketones is 1. The topological polar surface area (TPSA) is 17.1 Å². The van der Waals surface area contributed by atoms with Crippen molar-refractivity contribution >= 4 is 5.78 Å². The SMILES string of the molecule is Cc1cc(F)cc(C(=O)C2CCCCC2C(F)(F)F)c1. The van der Waals surface area contributed by atoms with E-state index in [-0.39, 0.29) is 18.4 Å². The van der Waals surface area contributed by atoms with Crippen LogP contribution in [0.25, 0.3) is 0 Å². The maximum atomic E-state index is 13.3. The Kier molecular flexibility index (Phi) is 4.16. The zero-order valence-electron chi connectivity index (χ0n) is 11.1. The van der Waals surface area contributed by atoms with E-state index in [0.717, 1.165) is 6.07 Å². The van der Waals surface area contributed by atoms with E-state index in [2.05, 4.69) is 0 Å². The van der Waals surface area contributed by atoms with Crippen LogP contribution >= 0.6 is 0 Å². The van der Waals surface area contributed by atoms with Gasteiger partial charge in [0, 0.05) is 11.5 Å². The van der Waals surface area contributed by atoms with Gasteiger partial charge >= 0.3 is 6.18 Å². The molecule has 1 fully saturated rings. The minimum atomic E-state index is -4.37. The largest absolute Gasteiger partial charge is 0.392 e. The van der Waals surface area contributed by atoms with Crippen LogP contribution in [0.15, 0.2) is 18.2 Å². The van der Waals surface area contributed by atoms with Gasteiger partial charge in [-0.3, -0.25) is 4.79 Å². The number of benzene rings is 1. The van der Waals surface area contributed by atoms with E-state index in [0.29, 0.717) is 18.4 Å². The summed E-state index contributed by atoms with van der Waals surface area (Å²) in [6, 6.07) is 3.73. The second-order valence-electron chi connectivity index (χ2n) is 5.42. The predicted octanol–water partition coefficient (Wildman–Crippen LogP) is 4.69. The van der Waals surface area contributed by atoms with Gasteiger partial charge in [0.15, 0.2) is 5.78 Å². The Balaban J connectivity index is 2.30. The molecule has 1 aliphatic rings. The van der Waals surface area contributed by atoms with Gasteiger partial charge in [0.2, 0.25) is 0 Å². The van der Waals surface area contributed by atoms with E-state index in [9.17, 15) is 22.4 Å².